The van der Waals surface area contributed by atoms with Gasteiger partial charge in [0.1, 0.15) is 5.60 Å². The average molecular weight is 418 g/mol. The Bertz CT molecular complexity index is 732. The number of amides is 1. The number of nitrogens with zero attached hydrogens (tertiary/aromatic N) is 3. The zero-order chi connectivity index (χ0) is 22.2. The largest absolute Gasteiger partial charge is 0.498 e. The molecule has 2 fully saturated rings. The number of aromatic nitrogens is 2. The second kappa shape index (κ2) is 8.34. The molecule has 1 N–H and O–H groups in total. The summed E-state index contributed by atoms with van der Waals surface area (Å²) < 4.78 is 17.7. The number of carbonyl (C=O) groups is 1. The van der Waals surface area contributed by atoms with Gasteiger partial charge in [-0.25, -0.2) is 14.8 Å². The number of rotatable bonds is 4. The minimum Gasteiger partial charge on any atom is -0.444 e. The number of ether oxygens (including phenoxy) is 1. The third kappa shape index (κ3) is 5.24. The molecule has 166 valence electrons. The minimum absolute atomic E-state index is 0.0555. The molecular formula is C21H35BN4O4. The average Bonchev–Trinajstić information content (AvgIpc) is 2.86. The van der Waals surface area contributed by atoms with Crippen LogP contribution in [0, 0.1) is 0 Å². The normalized spacial score (nSPS) is 23.4. The van der Waals surface area contributed by atoms with E-state index in [0.29, 0.717) is 19.0 Å². The lowest BCUT2D eigenvalue weighted by atomic mass is 9.81. The Labute approximate surface area is 180 Å². The summed E-state index contributed by atoms with van der Waals surface area (Å²) >= 11 is 0. The first kappa shape index (κ1) is 22.8. The van der Waals surface area contributed by atoms with Gasteiger partial charge >= 0.3 is 13.2 Å². The second-order valence-electron chi connectivity index (χ2n) is 10.1. The fourth-order valence-corrected chi connectivity index (χ4v) is 3.51. The number of hydrogen-bond donors (Lipinski definition) is 1. The van der Waals surface area contributed by atoms with Crippen molar-refractivity contribution in [3.8, 4) is 0 Å². The fourth-order valence-electron chi connectivity index (χ4n) is 3.51. The summed E-state index contributed by atoms with van der Waals surface area (Å²) in [5.74, 6) is 0.518. The summed E-state index contributed by atoms with van der Waals surface area (Å²) in [6.45, 7) is 15.0. The maximum Gasteiger partial charge on any atom is 0.498 e. The molecule has 1 amide bonds. The Balaban J connectivity index is 1.58. The van der Waals surface area contributed by atoms with E-state index < -0.39 is 23.9 Å². The van der Waals surface area contributed by atoms with Gasteiger partial charge in [0.15, 0.2) is 0 Å². The molecule has 0 aromatic carbocycles. The molecule has 1 aromatic rings. The quantitative estimate of drug-likeness (QED) is 0.753. The highest BCUT2D eigenvalue weighted by molar-refractivity contribution is 6.61. The van der Waals surface area contributed by atoms with Gasteiger partial charge in [-0.3, -0.25) is 0 Å². The van der Waals surface area contributed by atoms with Crippen LogP contribution in [0.25, 0.3) is 0 Å². The topological polar surface area (TPSA) is 85.8 Å². The summed E-state index contributed by atoms with van der Waals surface area (Å²) in [7, 11) is -0.481. The van der Waals surface area contributed by atoms with Gasteiger partial charge in [-0.05, 0) is 67.7 Å². The first-order valence-corrected chi connectivity index (χ1v) is 10.8. The van der Waals surface area contributed by atoms with Crippen LogP contribution in [-0.4, -0.2) is 64.0 Å². The van der Waals surface area contributed by atoms with Gasteiger partial charge in [0.2, 0.25) is 5.95 Å². The Morgan fingerprint density at radius 3 is 2.37 bits per heavy atom. The van der Waals surface area contributed by atoms with E-state index in [9.17, 15) is 4.79 Å². The summed E-state index contributed by atoms with van der Waals surface area (Å²) in [5.41, 5.74) is -0.521. The van der Waals surface area contributed by atoms with E-state index in [1.54, 1.807) is 12.4 Å². The fraction of sp³-hybridized carbons (Fsp3) is 0.762. The molecule has 30 heavy (non-hydrogen) atoms. The van der Waals surface area contributed by atoms with E-state index in [1.165, 1.54) is 0 Å². The van der Waals surface area contributed by atoms with E-state index in [2.05, 4.69) is 15.3 Å². The third-order valence-corrected chi connectivity index (χ3v) is 5.95. The molecule has 0 radical (unpaired) electrons. The highest BCUT2D eigenvalue weighted by Crippen LogP contribution is 2.36. The molecule has 3 rings (SSSR count). The van der Waals surface area contributed by atoms with Crippen molar-refractivity contribution in [2.75, 3.05) is 18.4 Å². The molecular weight excluding hydrogens is 383 g/mol. The molecule has 0 aliphatic carbocycles. The lowest BCUT2D eigenvalue weighted by molar-refractivity contribution is 0.00578. The van der Waals surface area contributed by atoms with Crippen molar-refractivity contribution in [2.45, 2.75) is 90.6 Å². The first-order chi connectivity index (χ1) is 13.9. The van der Waals surface area contributed by atoms with Gasteiger partial charge < -0.3 is 24.3 Å². The van der Waals surface area contributed by atoms with E-state index in [4.69, 9.17) is 14.0 Å². The maximum absolute atomic E-state index is 12.5. The molecule has 0 saturated carbocycles. The van der Waals surface area contributed by atoms with Crippen LogP contribution in [0.5, 0.6) is 0 Å². The number of hydrogen-bond acceptors (Lipinski definition) is 7. The van der Waals surface area contributed by atoms with Crippen LogP contribution in [0.2, 0.25) is 0 Å². The van der Waals surface area contributed by atoms with Crippen molar-refractivity contribution in [3.63, 3.8) is 0 Å². The molecule has 0 bridgehead atoms. The van der Waals surface area contributed by atoms with Crippen LogP contribution in [0.3, 0.4) is 0 Å². The van der Waals surface area contributed by atoms with E-state index in [-0.39, 0.29) is 12.1 Å². The van der Waals surface area contributed by atoms with E-state index in [0.717, 1.165) is 24.7 Å². The Morgan fingerprint density at radius 1 is 1.20 bits per heavy atom. The number of anilines is 1. The molecule has 1 aromatic heterocycles. The Morgan fingerprint density at radius 2 is 1.80 bits per heavy atom. The molecule has 2 aliphatic rings. The van der Waals surface area contributed by atoms with Crippen LogP contribution >= 0.6 is 0 Å². The molecule has 0 unspecified atom stereocenters. The minimum atomic E-state index is -0.501. The monoisotopic (exact) mass is 418 g/mol. The Hall–Kier alpha value is -1.87. The van der Waals surface area contributed by atoms with Crippen LogP contribution < -0.4 is 10.8 Å². The predicted octanol–water partition coefficient (Wildman–Crippen LogP) is 2.98. The zero-order valence-corrected chi connectivity index (χ0v) is 19.3. The summed E-state index contributed by atoms with van der Waals surface area (Å²) in [6, 6.07) is 0.0555. The van der Waals surface area contributed by atoms with Crippen molar-refractivity contribution in [3.05, 3.63) is 12.4 Å². The van der Waals surface area contributed by atoms with Gasteiger partial charge in [0.25, 0.3) is 0 Å². The van der Waals surface area contributed by atoms with Crippen LogP contribution in [-0.2, 0) is 14.0 Å². The molecule has 8 nitrogen and oxygen atoms in total. The number of nitrogens with one attached hydrogen (secondary N) is 1. The van der Waals surface area contributed by atoms with Gasteiger partial charge in [-0.1, -0.05) is 0 Å². The van der Waals surface area contributed by atoms with Crippen molar-refractivity contribution in [1.29, 1.82) is 0 Å². The SMILES string of the molecule is CC(C)(C)OC(=O)N1CCCC[C@@H]1CNc1ncc(B2OC(C)(C)C(C)(C)O2)cn1. The second-order valence-corrected chi connectivity index (χ2v) is 10.1. The van der Waals surface area contributed by atoms with E-state index >= 15 is 0 Å². The molecule has 3 heterocycles. The molecule has 0 spiro atoms. The molecule has 1 atom stereocenters. The lowest BCUT2D eigenvalue weighted by Gasteiger charge is -2.36. The van der Waals surface area contributed by atoms with Crippen molar-refractivity contribution >= 4 is 24.6 Å². The van der Waals surface area contributed by atoms with Crippen molar-refractivity contribution in [2.24, 2.45) is 0 Å². The maximum atomic E-state index is 12.5. The molecule has 2 aliphatic heterocycles. The number of carbonyl (C=O) groups excluding carboxylic acids is 1. The Kier molecular flexibility index (Phi) is 6.34. The number of piperidine rings is 1. The van der Waals surface area contributed by atoms with Gasteiger partial charge in [0, 0.05) is 30.9 Å². The van der Waals surface area contributed by atoms with Gasteiger partial charge in [-0.15, -0.1) is 0 Å². The summed E-state index contributed by atoms with van der Waals surface area (Å²) in [4.78, 5) is 23.2. The van der Waals surface area contributed by atoms with Crippen LogP contribution in [0.4, 0.5) is 10.7 Å². The highest BCUT2D eigenvalue weighted by Gasteiger charge is 2.52. The summed E-state index contributed by atoms with van der Waals surface area (Å²) in [6.07, 6.45) is 6.21. The highest BCUT2D eigenvalue weighted by atomic mass is 16.7. The van der Waals surface area contributed by atoms with Crippen LogP contribution in [0.1, 0.15) is 67.7 Å². The smallest absolute Gasteiger partial charge is 0.444 e. The predicted molar refractivity (Wildman–Crippen MR) is 117 cm³/mol. The van der Waals surface area contributed by atoms with Gasteiger partial charge in [-0.2, -0.15) is 0 Å². The van der Waals surface area contributed by atoms with E-state index in [1.807, 2.05) is 53.4 Å². The van der Waals surface area contributed by atoms with Crippen LogP contribution in [0.15, 0.2) is 12.4 Å². The van der Waals surface area contributed by atoms with Crippen molar-refractivity contribution in [1.82, 2.24) is 14.9 Å². The standard InChI is InChI=1S/C21H35BN4O4/c1-19(2,3)28-18(27)26-11-9-8-10-16(26)14-25-17-23-12-15(13-24-17)22-29-20(4,5)21(6,7)30-22/h12-13,16H,8-11,14H2,1-7H3,(H,23,24,25)/t16-/m1/s1. The lowest BCUT2D eigenvalue weighted by Crippen LogP contribution is -2.49. The zero-order valence-electron chi connectivity index (χ0n) is 19.3. The molecule has 9 heteroatoms. The number of likely N-dealkylation sites (tertiary alicyclic amines) is 1. The third-order valence-electron chi connectivity index (χ3n) is 5.95. The van der Waals surface area contributed by atoms with Crippen molar-refractivity contribution < 1.29 is 18.8 Å². The molecule has 2 saturated heterocycles. The van der Waals surface area contributed by atoms with Gasteiger partial charge in [0.05, 0.1) is 17.2 Å². The summed E-state index contributed by atoms with van der Waals surface area (Å²) in [5, 5.41) is 3.26. The first-order valence-electron chi connectivity index (χ1n) is 10.8.